The molecule has 0 unspecified atom stereocenters. The molecule has 5 heteroatoms. The van der Waals surface area contributed by atoms with Gasteiger partial charge in [0.15, 0.2) is 5.69 Å². The molecule has 0 aliphatic carbocycles. The van der Waals surface area contributed by atoms with Crippen LogP contribution in [-0.4, -0.2) is 0 Å². The van der Waals surface area contributed by atoms with Gasteiger partial charge in [0.25, 0.3) is 0 Å². The molecule has 0 aliphatic rings. The molecular formula is C11H15Cl2N3. The van der Waals surface area contributed by atoms with E-state index < -0.39 is 0 Å². The third kappa shape index (κ3) is 2.31. The second-order valence-corrected chi connectivity index (χ2v) is 3.58. The van der Waals surface area contributed by atoms with Crippen LogP contribution in [0.3, 0.4) is 0 Å². The predicted molar refractivity (Wildman–Crippen MR) is 65.9 cm³/mol. The number of hydrogen-bond acceptors (Lipinski definition) is 2. The van der Waals surface area contributed by atoms with Gasteiger partial charge >= 0.3 is 0 Å². The third-order valence-electron chi connectivity index (χ3n) is 2.59. The number of aryl methyl sites for hydroxylation is 2. The smallest absolute Gasteiger partial charge is 0.214 e. The molecule has 4 N–H and O–H groups in total. The number of nitrogens with two attached hydrogens (primary N) is 2. The Labute approximate surface area is 107 Å². The van der Waals surface area contributed by atoms with Crippen LogP contribution >= 0.6 is 12.4 Å². The van der Waals surface area contributed by atoms with E-state index in [0.29, 0.717) is 0 Å². The molecule has 1 aromatic heterocycles. The van der Waals surface area contributed by atoms with E-state index in [-0.39, 0.29) is 24.8 Å². The summed E-state index contributed by atoms with van der Waals surface area (Å²) in [6.45, 7) is 2.03. The molecule has 0 atom stereocenters. The predicted octanol–water partition coefficient (Wildman–Crippen LogP) is -1.44. The van der Waals surface area contributed by atoms with Gasteiger partial charge in [0.05, 0.1) is 11.1 Å². The van der Waals surface area contributed by atoms with E-state index in [9.17, 15) is 0 Å². The van der Waals surface area contributed by atoms with Gasteiger partial charge in [0, 0.05) is 24.7 Å². The zero-order valence-electron chi connectivity index (χ0n) is 9.20. The molecule has 1 aromatic carbocycles. The fourth-order valence-corrected chi connectivity index (χ4v) is 1.67. The number of pyridine rings is 1. The van der Waals surface area contributed by atoms with Crippen molar-refractivity contribution in [3.8, 4) is 0 Å². The Morgan fingerprint density at radius 2 is 1.75 bits per heavy atom. The van der Waals surface area contributed by atoms with Crippen LogP contribution < -0.4 is 28.4 Å². The van der Waals surface area contributed by atoms with Gasteiger partial charge in [-0.15, -0.1) is 12.4 Å². The van der Waals surface area contributed by atoms with Crippen molar-refractivity contribution in [2.24, 2.45) is 7.05 Å². The SMILES string of the molecule is Cc1cc(N)c2cc(N)ccc2[n+]1C.Cl.[Cl-]. The highest BCUT2D eigenvalue weighted by molar-refractivity contribution is 5.90. The summed E-state index contributed by atoms with van der Waals surface area (Å²) in [6, 6.07) is 7.75. The van der Waals surface area contributed by atoms with Gasteiger partial charge < -0.3 is 23.9 Å². The van der Waals surface area contributed by atoms with Gasteiger partial charge in [0.1, 0.15) is 7.05 Å². The van der Waals surface area contributed by atoms with Gasteiger partial charge in [-0.25, -0.2) is 0 Å². The normalized spacial score (nSPS) is 9.38. The van der Waals surface area contributed by atoms with Crippen LogP contribution in [-0.2, 0) is 7.05 Å². The first kappa shape index (κ1) is 14.8. The molecule has 0 saturated carbocycles. The first-order valence-corrected chi connectivity index (χ1v) is 4.54. The standard InChI is InChI=1S/C11H13N3.2ClH/c1-7-5-10(13)9-6-8(12)3-4-11(9)14(7)2;;/h3-6,13H,12H2,1-2H3;2*1H. The van der Waals surface area contributed by atoms with Crippen LogP contribution in [0.4, 0.5) is 11.4 Å². The number of rotatable bonds is 0. The van der Waals surface area contributed by atoms with Gasteiger partial charge in [0.2, 0.25) is 5.52 Å². The Hall–Kier alpha value is -1.19. The molecule has 1 heterocycles. The molecular weight excluding hydrogens is 245 g/mol. The van der Waals surface area contributed by atoms with Crippen LogP contribution in [0.5, 0.6) is 0 Å². The summed E-state index contributed by atoms with van der Waals surface area (Å²) in [7, 11) is 2.02. The number of nitrogens with zero attached hydrogens (tertiary/aromatic N) is 1. The van der Waals surface area contributed by atoms with Crippen molar-refractivity contribution < 1.29 is 17.0 Å². The highest BCUT2D eigenvalue weighted by Gasteiger charge is 2.11. The Balaban J connectivity index is 0.00000112. The largest absolute Gasteiger partial charge is 1.00 e. The molecule has 0 saturated heterocycles. The number of nitrogen functional groups attached to an aromatic ring is 2. The average Bonchev–Trinajstić information content (AvgIpc) is 2.14. The number of hydrogen-bond donors (Lipinski definition) is 2. The van der Waals surface area contributed by atoms with E-state index >= 15 is 0 Å². The van der Waals surface area contributed by atoms with Gasteiger partial charge in [-0.3, -0.25) is 0 Å². The second-order valence-electron chi connectivity index (χ2n) is 3.58. The zero-order chi connectivity index (χ0) is 10.3. The summed E-state index contributed by atoms with van der Waals surface area (Å²) in [5.74, 6) is 0. The third-order valence-corrected chi connectivity index (χ3v) is 2.59. The van der Waals surface area contributed by atoms with Crippen molar-refractivity contribution in [1.82, 2.24) is 0 Å². The molecule has 2 aromatic rings. The Kier molecular flexibility index (Phi) is 4.84. The number of anilines is 2. The Morgan fingerprint density at radius 1 is 1.12 bits per heavy atom. The maximum absolute atomic E-state index is 5.93. The monoisotopic (exact) mass is 259 g/mol. The minimum absolute atomic E-state index is 0. The van der Waals surface area contributed by atoms with Crippen LogP contribution in [0.15, 0.2) is 24.3 Å². The lowest BCUT2D eigenvalue weighted by molar-refractivity contribution is -0.651. The molecule has 3 nitrogen and oxygen atoms in total. The summed E-state index contributed by atoms with van der Waals surface area (Å²) < 4.78 is 2.10. The van der Waals surface area contributed by atoms with E-state index in [1.165, 1.54) is 0 Å². The molecule has 16 heavy (non-hydrogen) atoms. The van der Waals surface area contributed by atoms with Gasteiger partial charge in [-0.05, 0) is 12.1 Å². The second kappa shape index (κ2) is 5.23. The molecule has 0 aliphatic heterocycles. The van der Waals surface area contributed by atoms with Crippen LogP contribution in [0.1, 0.15) is 5.69 Å². The lowest BCUT2D eigenvalue weighted by atomic mass is 10.1. The van der Waals surface area contributed by atoms with Gasteiger partial charge in [-0.2, -0.15) is 4.57 Å². The lowest BCUT2D eigenvalue weighted by Gasteiger charge is -2.03. The summed E-state index contributed by atoms with van der Waals surface area (Å²) in [4.78, 5) is 0. The van der Waals surface area contributed by atoms with Crippen molar-refractivity contribution in [3.05, 3.63) is 30.0 Å². The Bertz CT molecular complexity index is 512. The molecule has 2 rings (SSSR count). The topological polar surface area (TPSA) is 55.9 Å². The van der Waals surface area contributed by atoms with Crippen LogP contribution in [0.2, 0.25) is 0 Å². The zero-order valence-corrected chi connectivity index (χ0v) is 10.8. The number of aromatic nitrogens is 1. The number of halogens is 2. The highest BCUT2D eigenvalue weighted by atomic mass is 35.5. The summed E-state index contributed by atoms with van der Waals surface area (Å²) in [5, 5.41) is 1.01. The molecule has 0 radical (unpaired) electrons. The van der Waals surface area contributed by atoms with E-state index in [1.54, 1.807) is 0 Å². The summed E-state index contributed by atoms with van der Waals surface area (Å²) >= 11 is 0. The first-order chi connectivity index (χ1) is 6.59. The average molecular weight is 260 g/mol. The van der Waals surface area contributed by atoms with Crippen molar-refractivity contribution in [2.75, 3.05) is 11.5 Å². The van der Waals surface area contributed by atoms with Gasteiger partial charge in [-0.1, -0.05) is 0 Å². The first-order valence-electron chi connectivity index (χ1n) is 4.54. The van der Waals surface area contributed by atoms with E-state index in [0.717, 1.165) is 28.0 Å². The van der Waals surface area contributed by atoms with Crippen molar-refractivity contribution in [3.63, 3.8) is 0 Å². The van der Waals surface area contributed by atoms with Crippen molar-refractivity contribution in [2.45, 2.75) is 6.92 Å². The molecule has 0 fully saturated rings. The number of benzene rings is 1. The maximum Gasteiger partial charge on any atom is 0.214 e. The molecule has 0 bridgehead atoms. The molecule has 0 spiro atoms. The Morgan fingerprint density at radius 3 is 2.38 bits per heavy atom. The van der Waals surface area contributed by atoms with Crippen LogP contribution in [0, 0.1) is 6.92 Å². The van der Waals surface area contributed by atoms with E-state index in [1.807, 2.05) is 38.2 Å². The highest BCUT2D eigenvalue weighted by Crippen LogP contribution is 2.21. The fraction of sp³-hybridized carbons (Fsp3) is 0.182. The molecule has 0 amide bonds. The number of fused-ring (bicyclic) bond motifs is 1. The summed E-state index contributed by atoms with van der Waals surface area (Å²) in [6.07, 6.45) is 0. The van der Waals surface area contributed by atoms with Crippen molar-refractivity contribution in [1.29, 1.82) is 0 Å². The van der Waals surface area contributed by atoms with Crippen molar-refractivity contribution >= 4 is 34.7 Å². The lowest BCUT2D eigenvalue weighted by Crippen LogP contribution is -3.00. The maximum atomic E-state index is 5.93. The van der Waals surface area contributed by atoms with Crippen LogP contribution in [0.25, 0.3) is 10.9 Å². The minimum atomic E-state index is 0. The van der Waals surface area contributed by atoms with E-state index in [4.69, 9.17) is 11.5 Å². The van der Waals surface area contributed by atoms with E-state index in [2.05, 4.69) is 4.57 Å². The quantitative estimate of drug-likeness (QED) is 0.450. The molecule has 88 valence electrons. The minimum Gasteiger partial charge on any atom is -1.00 e. The fourth-order valence-electron chi connectivity index (χ4n) is 1.67. The summed E-state index contributed by atoms with van der Waals surface area (Å²) in [5.41, 5.74) is 15.4.